The fraction of sp³-hybridized carbons (Fsp3) is 0.150. The smallest absolute Gasteiger partial charge is 0.357 e. The van der Waals surface area contributed by atoms with Crippen LogP contribution in [-0.2, 0) is 21.3 Å². The molecular formula is C20H17FN4O5S. The number of sulfonamides is 1. The SMILES string of the molecule is COC(=O)c1c(-c2ccc(OC)c(F)c2)c(-c2ccc(S(N)(=O)=O)cc2)nn1CC#N. The maximum atomic E-state index is 14.4. The lowest BCUT2D eigenvalue weighted by Gasteiger charge is -2.09. The monoisotopic (exact) mass is 444 g/mol. The molecule has 1 aromatic heterocycles. The molecule has 0 fully saturated rings. The maximum absolute atomic E-state index is 14.4. The number of primary sulfonamides is 1. The quantitative estimate of drug-likeness (QED) is 0.576. The van der Waals surface area contributed by atoms with Gasteiger partial charge in [0.15, 0.2) is 17.3 Å². The Hall–Kier alpha value is -3.75. The molecule has 9 nitrogen and oxygen atoms in total. The van der Waals surface area contributed by atoms with Crippen LogP contribution in [0, 0.1) is 17.1 Å². The van der Waals surface area contributed by atoms with Gasteiger partial charge >= 0.3 is 5.97 Å². The molecule has 2 aromatic carbocycles. The molecule has 0 saturated heterocycles. The number of esters is 1. The summed E-state index contributed by atoms with van der Waals surface area (Å²) >= 11 is 0. The Morgan fingerprint density at radius 2 is 1.84 bits per heavy atom. The van der Waals surface area contributed by atoms with Crippen LogP contribution in [0.2, 0.25) is 0 Å². The van der Waals surface area contributed by atoms with Crippen molar-refractivity contribution in [3.05, 3.63) is 54.0 Å². The summed E-state index contributed by atoms with van der Waals surface area (Å²) in [6.45, 7) is -0.272. The number of carbonyl (C=O) groups is 1. The van der Waals surface area contributed by atoms with Gasteiger partial charge in [-0.3, -0.25) is 0 Å². The van der Waals surface area contributed by atoms with E-state index >= 15 is 0 Å². The molecule has 0 bridgehead atoms. The summed E-state index contributed by atoms with van der Waals surface area (Å²) in [4.78, 5) is 12.4. The van der Waals surface area contributed by atoms with Crippen LogP contribution in [0.5, 0.6) is 5.75 Å². The van der Waals surface area contributed by atoms with Crippen molar-refractivity contribution in [2.45, 2.75) is 11.4 Å². The topological polar surface area (TPSA) is 137 Å². The van der Waals surface area contributed by atoms with E-state index in [2.05, 4.69) is 5.10 Å². The molecule has 0 saturated carbocycles. The summed E-state index contributed by atoms with van der Waals surface area (Å²) in [7, 11) is -1.42. The first-order chi connectivity index (χ1) is 14.7. The number of methoxy groups -OCH3 is 2. The average molecular weight is 444 g/mol. The number of hydrogen-bond acceptors (Lipinski definition) is 7. The lowest BCUT2D eigenvalue weighted by Crippen LogP contribution is -2.12. The van der Waals surface area contributed by atoms with Crippen molar-refractivity contribution in [1.29, 1.82) is 5.26 Å². The van der Waals surface area contributed by atoms with Gasteiger partial charge in [-0.25, -0.2) is 27.4 Å². The van der Waals surface area contributed by atoms with Crippen molar-refractivity contribution in [3.8, 4) is 34.2 Å². The Morgan fingerprint density at radius 3 is 2.35 bits per heavy atom. The normalized spacial score (nSPS) is 11.1. The molecule has 11 heteroatoms. The van der Waals surface area contributed by atoms with E-state index in [9.17, 15) is 17.6 Å². The van der Waals surface area contributed by atoms with Crippen LogP contribution in [0.25, 0.3) is 22.4 Å². The lowest BCUT2D eigenvalue weighted by molar-refractivity contribution is 0.0588. The number of nitriles is 1. The van der Waals surface area contributed by atoms with Crippen LogP contribution in [-0.4, -0.2) is 38.4 Å². The van der Waals surface area contributed by atoms with E-state index in [0.29, 0.717) is 5.56 Å². The molecule has 0 aliphatic carbocycles. The Balaban J connectivity index is 2.32. The molecule has 0 aliphatic rings. The van der Waals surface area contributed by atoms with Crippen molar-refractivity contribution in [3.63, 3.8) is 0 Å². The van der Waals surface area contributed by atoms with Crippen LogP contribution >= 0.6 is 0 Å². The molecule has 160 valence electrons. The standard InChI is InChI=1S/C20H17FN4O5S/c1-29-16-8-5-13(11-15(16)21)17-18(12-3-6-14(7-4-12)31(23,27)28)24-25(10-9-22)19(17)20(26)30-2/h3-8,11H,10H2,1-2H3,(H2,23,27,28). The molecule has 0 unspecified atom stereocenters. The van der Waals surface area contributed by atoms with Crippen LogP contribution in [0.3, 0.4) is 0 Å². The Labute approximate surface area is 177 Å². The van der Waals surface area contributed by atoms with Crippen LogP contribution in [0.1, 0.15) is 10.5 Å². The van der Waals surface area contributed by atoms with Gasteiger partial charge in [0, 0.05) is 11.1 Å². The average Bonchev–Trinajstić information content (AvgIpc) is 3.12. The van der Waals surface area contributed by atoms with Gasteiger partial charge in [0.2, 0.25) is 10.0 Å². The van der Waals surface area contributed by atoms with Gasteiger partial charge in [0.25, 0.3) is 0 Å². The van der Waals surface area contributed by atoms with Crippen molar-refractivity contribution in [2.24, 2.45) is 5.14 Å². The predicted molar refractivity (Wildman–Crippen MR) is 108 cm³/mol. The summed E-state index contributed by atoms with van der Waals surface area (Å²) in [5, 5.41) is 18.6. The van der Waals surface area contributed by atoms with Crippen LogP contribution < -0.4 is 9.88 Å². The van der Waals surface area contributed by atoms with E-state index < -0.39 is 21.8 Å². The van der Waals surface area contributed by atoms with Gasteiger partial charge in [-0.2, -0.15) is 10.4 Å². The molecule has 0 radical (unpaired) electrons. The number of rotatable bonds is 6. The van der Waals surface area contributed by atoms with Gasteiger partial charge in [0.1, 0.15) is 12.2 Å². The minimum atomic E-state index is -3.91. The van der Waals surface area contributed by atoms with Gasteiger partial charge in [-0.1, -0.05) is 18.2 Å². The van der Waals surface area contributed by atoms with E-state index in [1.807, 2.05) is 6.07 Å². The number of aromatic nitrogens is 2. The Morgan fingerprint density at radius 1 is 1.19 bits per heavy atom. The first-order valence-electron chi connectivity index (χ1n) is 8.74. The van der Waals surface area contributed by atoms with Gasteiger partial charge in [-0.05, 0) is 29.8 Å². The summed E-state index contributed by atoms with van der Waals surface area (Å²) in [5.41, 5.74) is 1.08. The highest BCUT2D eigenvalue weighted by atomic mass is 32.2. The number of ether oxygens (including phenoxy) is 2. The van der Waals surface area contributed by atoms with Crippen molar-refractivity contribution < 1.29 is 27.1 Å². The third kappa shape index (κ3) is 4.25. The van der Waals surface area contributed by atoms with E-state index in [4.69, 9.17) is 19.9 Å². The summed E-state index contributed by atoms with van der Waals surface area (Å²) < 4.78 is 48.4. The fourth-order valence-electron chi connectivity index (χ4n) is 3.05. The second-order valence-corrected chi connectivity index (χ2v) is 7.86. The zero-order valence-electron chi connectivity index (χ0n) is 16.5. The van der Waals surface area contributed by atoms with E-state index in [1.165, 1.54) is 56.7 Å². The van der Waals surface area contributed by atoms with Gasteiger partial charge in [-0.15, -0.1) is 0 Å². The number of hydrogen-bond donors (Lipinski definition) is 1. The van der Waals surface area contributed by atoms with Crippen molar-refractivity contribution >= 4 is 16.0 Å². The second-order valence-electron chi connectivity index (χ2n) is 6.30. The number of halogens is 1. The highest BCUT2D eigenvalue weighted by molar-refractivity contribution is 7.89. The molecule has 0 atom stereocenters. The minimum absolute atomic E-state index is 0.00633. The van der Waals surface area contributed by atoms with Crippen molar-refractivity contribution in [1.82, 2.24) is 9.78 Å². The molecule has 1 heterocycles. The van der Waals surface area contributed by atoms with E-state index in [1.54, 1.807) is 0 Å². The van der Waals surface area contributed by atoms with Crippen molar-refractivity contribution in [2.75, 3.05) is 14.2 Å². The zero-order valence-corrected chi connectivity index (χ0v) is 17.3. The Bertz CT molecular complexity index is 1290. The molecule has 3 aromatic rings. The third-order valence-corrected chi connectivity index (χ3v) is 5.38. The largest absolute Gasteiger partial charge is 0.494 e. The van der Waals surface area contributed by atoms with E-state index in [0.717, 1.165) is 4.68 Å². The number of nitrogens with two attached hydrogens (primary N) is 1. The minimum Gasteiger partial charge on any atom is -0.494 e. The summed E-state index contributed by atoms with van der Waals surface area (Å²) in [6, 6.07) is 11.5. The fourth-order valence-corrected chi connectivity index (χ4v) is 3.56. The third-order valence-electron chi connectivity index (χ3n) is 4.45. The molecule has 0 aliphatic heterocycles. The zero-order chi connectivity index (χ0) is 22.8. The van der Waals surface area contributed by atoms with E-state index in [-0.39, 0.29) is 39.7 Å². The van der Waals surface area contributed by atoms with Crippen LogP contribution in [0.15, 0.2) is 47.4 Å². The van der Waals surface area contributed by atoms with Gasteiger partial charge in [0.05, 0.1) is 25.2 Å². The highest BCUT2D eigenvalue weighted by Gasteiger charge is 2.27. The molecule has 3 rings (SSSR count). The number of nitrogens with zero attached hydrogens (tertiary/aromatic N) is 3. The summed E-state index contributed by atoms with van der Waals surface area (Å²) in [5.74, 6) is -1.44. The van der Waals surface area contributed by atoms with Gasteiger partial charge < -0.3 is 9.47 Å². The predicted octanol–water partition coefficient (Wildman–Crippen LogP) is 2.32. The Kier molecular flexibility index (Phi) is 6.05. The van der Waals surface area contributed by atoms with Crippen LogP contribution in [0.4, 0.5) is 4.39 Å². The first-order valence-corrected chi connectivity index (χ1v) is 10.3. The number of benzene rings is 2. The summed E-state index contributed by atoms with van der Waals surface area (Å²) in [6.07, 6.45) is 0. The first kappa shape index (κ1) is 21.9. The molecular weight excluding hydrogens is 427 g/mol. The molecule has 2 N–H and O–H groups in total. The number of carbonyl (C=O) groups excluding carboxylic acids is 1. The maximum Gasteiger partial charge on any atom is 0.357 e. The highest BCUT2D eigenvalue weighted by Crippen LogP contribution is 2.37. The molecule has 0 spiro atoms. The molecule has 31 heavy (non-hydrogen) atoms. The molecule has 0 amide bonds. The lowest BCUT2D eigenvalue weighted by atomic mass is 9.98. The second kappa shape index (κ2) is 8.55.